The first kappa shape index (κ1) is 11.4. The fraction of sp³-hybridized carbons (Fsp3) is 0.0909. The highest BCUT2D eigenvalue weighted by atomic mass is 79.9. The zero-order valence-electron chi connectivity index (χ0n) is 8.23. The molecule has 0 amide bonds. The van der Waals surface area contributed by atoms with E-state index in [1.54, 1.807) is 12.3 Å². The van der Waals surface area contributed by atoms with Crippen LogP contribution in [0.1, 0.15) is 5.56 Å². The van der Waals surface area contributed by atoms with Gasteiger partial charge in [0.1, 0.15) is 6.61 Å². The predicted molar refractivity (Wildman–Crippen MR) is 65.5 cm³/mol. The molecule has 3 nitrogen and oxygen atoms in total. The molecule has 16 heavy (non-hydrogen) atoms. The highest BCUT2D eigenvalue weighted by Gasteiger charge is 1.99. The van der Waals surface area contributed by atoms with Gasteiger partial charge in [0.25, 0.3) is 0 Å². The molecule has 0 atom stereocenters. The summed E-state index contributed by atoms with van der Waals surface area (Å²) in [6.45, 7) is 0.451. The highest BCUT2D eigenvalue weighted by molar-refractivity contribution is 9.10. The topological polar surface area (TPSA) is 35.0 Å². The molecule has 1 aromatic heterocycles. The minimum atomic E-state index is 0.187. The Labute approximate surface area is 107 Å². The van der Waals surface area contributed by atoms with Crippen LogP contribution in [0.5, 0.6) is 5.88 Å². The molecule has 0 fully saturated rings. The van der Waals surface area contributed by atoms with Gasteiger partial charge < -0.3 is 4.74 Å². The van der Waals surface area contributed by atoms with E-state index in [9.17, 15) is 0 Å². The van der Waals surface area contributed by atoms with Crippen LogP contribution in [0.3, 0.4) is 0 Å². The van der Waals surface area contributed by atoms with Crippen molar-refractivity contribution in [1.82, 2.24) is 9.97 Å². The number of hydrogen-bond acceptors (Lipinski definition) is 3. The molecule has 5 heteroatoms. The number of hydrogen-bond donors (Lipinski definition) is 0. The van der Waals surface area contributed by atoms with Crippen LogP contribution in [-0.4, -0.2) is 9.97 Å². The number of nitrogens with zero attached hydrogens (tertiary/aromatic N) is 2. The van der Waals surface area contributed by atoms with Crippen LogP contribution < -0.4 is 4.74 Å². The number of benzene rings is 1. The Kier molecular flexibility index (Phi) is 3.74. The normalized spacial score (nSPS) is 10.1. The molecular formula is C11H8BrClN2O. The third kappa shape index (κ3) is 3.18. The lowest BCUT2D eigenvalue weighted by Crippen LogP contribution is -1.97. The molecule has 0 saturated carbocycles. The van der Waals surface area contributed by atoms with Crippen LogP contribution in [0.4, 0.5) is 0 Å². The van der Waals surface area contributed by atoms with E-state index >= 15 is 0 Å². The molecule has 2 rings (SSSR count). The molecule has 0 aliphatic heterocycles. The van der Waals surface area contributed by atoms with Gasteiger partial charge in [0.15, 0.2) is 0 Å². The monoisotopic (exact) mass is 298 g/mol. The molecule has 0 bridgehead atoms. The largest absolute Gasteiger partial charge is 0.473 e. The van der Waals surface area contributed by atoms with Crippen LogP contribution in [0.15, 0.2) is 41.0 Å². The Bertz CT molecular complexity index is 447. The molecule has 0 aliphatic carbocycles. The summed E-state index contributed by atoms with van der Waals surface area (Å²) >= 11 is 9.04. The van der Waals surface area contributed by atoms with Gasteiger partial charge in [0, 0.05) is 16.7 Å². The standard InChI is InChI=1S/C11H8BrClN2O/c12-9-3-1-2-8(6-9)7-16-10-4-5-14-11(13)15-10/h1-6H,7H2. The number of ether oxygens (including phenoxy) is 1. The van der Waals surface area contributed by atoms with Gasteiger partial charge in [-0.2, -0.15) is 4.98 Å². The van der Waals surface area contributed by atoms with Gasteiger partial charge >= 0.3 is 0 Å². The lowest BCUT2D eigenvalue weighted by Gasteiger charge is -2.05. The zero-order chi connectivity index (χ0) is 11.4. The third-order valence-electron chi connectivity index (χ3n) is 1.88. The van der Waals surface area contributed by atoms with Crippen LogP contribution in [0.2, 0.25) is 5.28 Å². The molecule has 0 unspecified atom stereocenters. The maximum absolute atomic E-state index is 5.64. The molecule has 0 saturated heterocycles. The Morgan fingerprint density at radius 3 is 2.94 bits per heavy atom. The SMILES string of the molecule is Clc1nccc(OCc2cccc(Br)c2)n1. The summed E-state index contributed by atoms with van der Waals surface area (Å²) in [5, 5.41) is 0.187. The van der Waals surface area contributed by atoms with E-state index in [0.717, 1.165) is 10.0 Å². The average Bonchev–Trinajstić information content (AvgIpc) is 2.27. The molecule has 0 radical (unpaired) electrons. The van der Waals surface area contributed by atoms with Crippen LogP contribution in [0, 0.1) is 0 Å². The zero-order valence-corrected chi connectivity index (χ0v) is 10.6. The van der Waals surface area contributed by atoms with E-state index in [-0.39, 0.29) is 5.28 Å². The van der Waals surface area contributed by atoms with E-state index in [4.69, 9.17) is 16.3 Å². The summed E-state index contributed by atoms with van der Waals surface area (Å²) < 4.78 is 6.49. The third-order valence-corrected chi connectivity index (χ3v) is 2.55. The van der Waals surface area contributed by atoms with Gasteiger partial charge in [-0.1, -0.05) is 28.1 Å². The number of rotatable bonds is 3. The van der Waals surface area contributed by atoms with Crippen molar-refractivity contribution >= 4 is 27.5 Å². The van der Waals surface area contributed by atoms with Gasteiger partial charge in [-0.05, 0) is 29.3 Å². The van der Waals surface area contributed by atoms with Crippen LogP contribution in [-0.2, 0) is 6.61 Å². The Balaban J connectivity index is 2.02. The minimum absolute atomic E-state index is 0.187. The smallest absolute Gasteiger partial charge is 0.225 e. The predicted octanol–water partition coefficient (Wildman–Crippen LogP) is 3.47. The van der Waals surface area contributed by atoms with Crippen molar-refractivity contribution in [2.75, 3.05) is 0 Å². The highest BCUT2D eigenvalue weighted by Crippen LogP contribution is 2.14. The molecule has 1 aromatic carbocycles. The maximum Gasteiger partial charge on any atom is 0.225 e. The molecule has 82 valence electrons. The van der Waals surface area contributed by atoms with E-state index in [1.165, 1.54) is 0 Å². The van der Waals surface area contributed by atoms with E-state index in [0.29, 0.717) is 12.5 Å². The van der Waals surface area contributed by atoms with Crippen molar-refractivity contribution in [3.63, 3.8) is 0 Å². The van der Waals surface area contributed by atoms with Crippen molar-refractivity contribution in [1.29, 1.82) is 0 Å². The first-order valence-electron chi connectivity index (χ1n) is 4.60. The molecule has 2 aromatic rings. The fourth-order valence-corrected chi connectivity index (χ4v) is 1.77. The summed E-state index contributed by atoms with van der Waals surface area (Å²) in [6, 6.07) is 9.56. The minimum Gasteiger partial charge on any atom is -0.473 e. The molecule has 0 spiro atoms. The summed E-state index contributed by atoms with van der Waals surface area (Å²) in [5.74, 6) is 0.472. The van der Waals surface area contributed by atoms with Gasteiger partial charge in [-0.15, -0.1) is 0 Å². The second-order valence-corrected chi connectivity index (χ2v) is 4.34. The first-order valence-corrected chi connectivity index (χ1v) is 5.77. The average molecular weight is 300 g/mol. The summed E-state index contributed by atoms with van der Waals surface area (Å²) in [6.07, 6.45) is 1.56. The van der Waals surface area contributed by atoms with Crippen molar-refractivity contribution in [3.8, 4) is 5.88 Å². The molecule has 0 N–H and O–H groups in total. The molecular weight excluding hydrogens is 291 g/mol. The van der Waals surface area contributed by atoms with E-state index in [2.05, 4.69) is 25.9 Å². The van der Waals surface area contributed by atoms with Crippen molar-refractivity contribution in [2.45, 2.75) is 6.61 Å². The van der Waals surface area contributed by atoms with Crippen LogP contribution >= 0.6 is 27.5 Å². The molecule has 1 heterocycles. The Hall–Kier alpha value is -1.13. The van der Waals surface area contributed by atoms with E-state index in [1.807, 2.05) is 24.3 Å². The first-order chi connectivity index (χ1) is 7.74. The number of halogens is 2. The maximum atomic E-state index is 5.64. The quantitative estimate of drug-likeness (QED) is 0.814. The number of aromatic nitrogens is 2. The second kappa shape index (κ2) is 5.27. The summed E-state index contributed by atoms with van der Waals surface area (Å²) in [5.41, 5.74) is 1.06. The summed E-state index contributed by atoms with van der Waals surface area (Å²) in [7, 11) is 0. The van der Waals surface area contributed by atoms with Gasteiger partial charge in [0.05, 0.1) is 0 Å². The van der Waals surface area contributed by atoms with Gasteiger partial charge in [0.2, 0.25) is 11.2 Å². The van der Waals surface area contributed by atoms with Crippen molar-refractivity contribution in [3.05, 3.63) is 51.8 Å². The van der Waals surface area contributed by atoms with Gasteiger partial charge in [-0.3, -0.25) is 0 Å². The summed E-state index contributed by atoms with van der Waals surface area (Å²) in [4.78, 5) is 7.71. The van der Waals surface area contributed by atoms with Gasteiger partial charge in [-0.25, -0.2) is 4.98 Å². The second-order valence-electron chi connectivity index (χ2n) is 3.08. The Morgan fingerprint density at radius 1 is 1.31 bits per heavy atom. The lowest BCUT2D eigenvalue weighted by atomic mass is 10.2. The van der Waals surface area contributed by atoms with Crippen LogP contribution in [0.25, 0.3) is 0 Å². The molecule has 0 aliphatic rings. The fourth-order valence-electron chi connectivity index (χ4n) is 1.18. The Morgan fingerprint density at radius 2 is 2.19 bits per heavy atom. The van der Waals surface area contributed by atoms with E-state index < -0.39 is 0 Å². The lowest BCUT2D eigenvalue weighted by molar-refractivity contribution is 0.293. The van der Waals surface area contributed by atoms with Crippen molar-refractivity contribution in [2.24, 2.45) is 0 Å². The van der Waals surface area contributed by atoms with Crippen molar-refractivity contribution < 1.29 is 4.74 Å².